The topological polar surface area (TPSA) is 0 Å². The zero-order chi connectivity index (χ0) is 22.0. The van der Waals surface area contributed by atoms with Gasteiger partial charge in [0.25, 0.3) is 0 Å². The molecule has 0 fully saturated rings. The molecule has 0 N–H and O–H groups in total. The summed E-state index contributed by atoms with van der Waals surface area (Å²) in [6.07, 6.45) is 1.24. The zero-order valence-corrected chi connectivity index (χ0v) is 24.3. The fourth-order valence-corrected chi connectivity index (χ4v) is 15.6. The average Bonchev–Trinajstić information content (AvgIpc) is 2.72. The van der Waals surface area contributed by atoms with Gasteiger partial charge in [0.1, 0.15) is 0 Å². The van der Waals surface area contributed by atoms with Crippen molar-refractivity contribution in [2.75, 3.05) is 0 Å². The van der Waals surface area contributed by atoms with E-state index in [0.717, 1.165) is 2.01 Å². The second-order valence-corrected chi connectivity index (χ2v) is 18.3. The minimum atomic E-state index is -0.283. The summed E-state index contributed by atoms with van der Waals surface area (Å²) in [7, 11) is 0. The number of aryl methyl sites for hydroxylation is 4. The summed E-state index contributed by atoms with van der Waals surface area (Å²) >= 11 is -0.566. The SMILES string of the molecule is Cc1cc(C)c(C)c([Te]C(Cc2ccccc2)[Te]c2c(C)c(C)cc(C)c2C)c1C. The molecule has 0 bridgehead atoms. The monoisotopic (exact) mass is 630 g/mol. The molecule has 3 rings (SSSR count). The third kappa shape index (κ3) is 5.34. The summed E-state index contributed by atoms with van der Waals surface area (Å²) in [6.45, 7) is 18.6. The molecule has 0 atom stereocenters. The van der Waals surface area contributed by atoms with Crippen molar-refractivity contribution in [3.8, 4) is 0 Å². The van der Waals surface area contributed by atoms with Gasteiger partial charge < -0.3 is 0 Å². The van der Waals surface area contributed by atoms with Crippen molar-refractivity contribution in [2.45, 2.75) is 63.8 Å². The molecule has 2 heteroatoms. The Morgan fingerprint density at radius 1 is 0.567 bits per heavy atom. The minimum absolute atomic E-state index is 0.283. The molecule has 0 saturated heterocycles. The van der Waals surface area contributed by atoms with Crippen LogP contribution in [-0.4, -0.2) is 41.8 Å². The molecule has 3 aromatic rings. The molecule has 0 radical (unpaired) electrons. The maximum atomic E-state index is 2.38. The van der Waals surface area contributed by atoms with Crippen LogP contribution in [0.25, 0.3) is 0 Å². The van der Waals surface area contributed by atoms with Crippen molar-refractivity contribution in [1.29, 1.82) is 0 Å². The third-order valence-electron chi connectivity index (χ3n) is 6.34. The van der Waals surface area contributed by atoms with Crippen molar-refractivity contribution >= 4 is 49.1 Å². The van der Waals surface area contributed by atoms with Crippen LogP contribution >= 0.6 is 0 Å². The Bertz CT molecular complexity index is 930. The van der Waals surface area contributed by atoms with E-state index in [1.165, 1.54) is 34.2 Å². The van der Waals surface area contributed by atoms with Gasteiger partial charge in [-0.2, -0.15) is 0 Å². The molecule has 30 heavy (non-hydrogen) atoms. The quantitative estimate of drug-likeness (QED) is 0.318. The second kappa shape index (κ2) is 10.2. The third-order valence-corrected chi connectivity index (χ3v) is 17.3. The van der Waals surface area contributed by atoms with E-state index in [9.17, 15) is 0 Å². The average molecular weight is 626 g/mol. The molecule has 0 heterocycles. The molecule has 0 aromatic heterocycles. The van der Waals surface area contributed by atoms with Crippen molar-refractivity contribution in [1.82, 2.24) is 0 Å². The Kier molecular flexibility index (Phi) is 8.15. The predicted octanol–water partition coefficient (Wildman–Crippen LogP) is 5.50. The summed E-state index contributed by atoms with van der Waals surface area (Å²) in [5.74, 6) is 0. The summed E-state index contributed by atoms with van der Waals surface area (Å²) in [5, 5.41) is 0. The first-order valence-electron chi connectivity index (χ1n) is 10.7. The van der Waals surface area contributed by atoms with Crippen LogP contribution in [0.15, 0.2) is 42.5 Å². The van der Waals surface area contributed by atoms with E-state index in [1.54, 1.807) is 29.5 Å². The van der Waals surface area contributed by atoms with Gasteiger partial charge in [-0.1, -0.05) is 0 Å². The molecule has 0 spiro atoms. The maximum absolute atomic E-state index is 2.38. The van der Waals surface area contributed by atoms with E-state index in [-0.39, 0.29) is 41.8 Å². The van der Waals surface area contributed by atoms with Crippen molar-refractivity contribution in [3.05, 3.63) is 92.5 Å². The zero-order valence-electron chi connectivity index (χ0n) is 19.6. The molecule has 0 saturated carbocycles. The Hall–Kier alpha value is -0.761. The number of rotatable bonds is 6. The Morgan fingerprint density at radius 3 is 1.30 bits per heavy atom. The normalized spacial score (nSPS) is 11.4. The number of benzene rings is 3. The van der Waals surface area contributed by atoms with E-state index >= 15 is 0 Å². The molecular formula is C28H34Te2. The molecule has 3 aromatic carbocycles. The number of hydrogen-bond donors (Lipinski definition) is 0. The van der Waals surface area contributed by atoms with Gasteiger partial charge in [-0.15, -0.1) is 0 Å². The molecule has 0 aliphatic heterocycles. The van der Waals surface area contributed by atoms with E-state index in [0.29, 0.717) is 0 Å². The van der Waals surface area contributed by atoms with Gasteiger partial charge in [0.15, 0.2) is 0 Å². The Balaban J connectivity index is 2.03. The first-order chi connectivity index (χ1) is 14.2. The molecule has 0 aliphatic carbocycles. The van der Waals surface area contributed by atoms with Gasteiger partial charge in [0.05, 0.1) is 0 Å². The molecule has 0 aliphatic rings. The van der Waals surface area contributed by atoms with Crippen LogP contribution in [0.1, 0.15) is 50.1 Å². The molecule has 0 unspecified atom stereocenters. The van der Waals surface area contributed by atoms with Crippen LogP contribution in [0.2, 0.25) is 2.01 Å². The standard InChI is InChI=1S/C28H34Te2/c1-17-14-18(2)22(6)27(21(17)5)29-26(16-25-12-10-9-11-13-25)30-28-23(7)19(3)15-20(4)24(28)8/h9-15,26H,16H2,1-8H3. The van der Waals surface area contributed by atoms with Crippen LogP contribution in [0.4, 0.5) is 0 Å². The number of hydrogen-bond acceptors (Lipinski definition) is 0. The summed E-state index contributed by atoms with van der Waals surface area (Å²) in [4.78, 5) is 0. The van der Waals surface area contributed by atoms with Gasteiger partial charge in [-0.05, 0) is 0 Å². The van der Waals surface area contributed by atoms with Gasteiger partial charge in [-0.25, -0.2) is 0 Å². The fourth-order valence-electron chi connectivity index (χ4n) is 3.89. The van der Waals surface area contributed by atoms with Crippen molar-refractivity contribution in [2.24, 2.45) is 0 Å². The van der Waals surface area contributed by atoms with Gasteiger partial charge in [0, 0.05) is 0 Å². The second-order valence-electron chi connectivity index (χ2n) is 8.53. The van der Waals surface area contributed by atoms with Gasteiger partial charge in [-0.3, -0.25) is 0 Å². The van der Waals surface area contributed by atoms with E-state index in [1.807, 2.05) is 0 Å². The van der Waals surface area contributed by atoms with E-state index in [2.05, 4.69) is 97.9 Å². The van der Waals surface area contributed by atoms with Crippen LogP contribution in [-0.2, 0) is 6.42 Å². The molecule has 158 valence electrons. The summed E-state index contributed by atoms with van der Waals surface area (Å²) in [6, 6.07) is 16.0. The van der Waals surface area contributed by atoms with E-state index < -0.39 is 0 Å². The molecule has 0 nitrogen and oxygen atoms in total. The summed E-state index contributed by atoms with van der Waals surface area (Å²) < 4.78 is 4.30. The van der Waals surface area contributed by atoms with Gasteiger partial charge >= 0.3 is 205 Å². The van der Waals surface area contributed by atoms with Gasteiger partial charge in [0.2, 0.25) is 0 Å². The Labute approximate surface area is 204 Å². The van der Waals surface area contributed by atoms with E-state index in [4.69, 9.17) is 0 Å². The van der Waals surface area contributed by atoms with Crippen molar-refractivity contribution in [3.63, 3.8) is 0 Å². The summed E-state index contributed by atoms with van der Waals surface area (Å²) in [5.41, 5.74) is 13.6. The molecular weight excluding hydrogens is 592 g/mol. The molecule has 0 amide bonds. The van der Waals surface area contributed by atoms with Crippen LogP contribution in [0.5, 0.6) is 0 Å². The van der Waals surface area contributed by atoms with Crippen LogP contribution in [0.3, 0.4) is 0 Å². The Morgan fingerprint density at radius 2 is 0.933 bits per heavy atom. The first-order valence-corrected chi connectivity index (χ1v) is 15.7. The van der Waals surface area contributed by atoms with Crippen molar-refractivity contribution < 1.29 is 0 Å². The van der Waals surface area contributed by atoms with Crippen LogP contribution in [0, 0.1) is 55.4 Å². The predicted molar refractivity (Wildman–Crippen MR) is 135 cm³/mol. The van der Waals surface area contributed by atoms with Crippen LogP contribution < -0.4 is 7.22 Å². The fraction of sp³-hybridized carbons (Fsp3) is 0.357. The first kappa shape index (κ1) is 23.9.